The van der Waals surface area contributed by atoms with Crippen LogP contribution >= 0.6 is 0 Å². The molecule has 0 saturated carbocycles. The topological polar surface area (TPSA) is 62.3 Å². The van der Waals surface area contributed by atoms with Crippen molar-refractivity contribution < 1.29 is 18.4 Å². The highest BCUT2D eigenvalue weighted by Crippen LogP contribution is 2.24. The molecule has 1 aliphatic rings. The van der Waals surface area contributed by atoms with Crippen LogP contribution in [0.15, 0.2) is 42.6 Å². The number of rotatable bonds is 4. The van der Waals surface area contributed by atoms with Crippen LogP contribution in [0.5, 0.6) is 0 Å². The van der Waals surface area contributed by atoms with Gasteiger partial charge in [0.25, 0.3) is 5.91 Å². The average molecular weight is 331 g/mol. The van der Waals surface area contributed by atoms with Crippen LogP contribution < -0.4 is 10.2 Å². The molecule has 1 atom stereocenters. The van der Waals surface area contributed by atoms with Crippen LogP contribution in [0.1, 0.15) is 16.9 Å². The molecule has 7 heteroatoms. The summed E-state index contributed by atoms with van der Waals surface area (Å²) >= 11 is 0. The second kappa shape index (κ2) is 6.74. The van der Waals surface area contributed by atoms with Gasteiger partial charge in [0.05, 0.1) is 6.20 Å². The number of amides is 2. The van der Waals surface area contributed by atoms with Crippen LogP contribution in [-0.4, -0.2) is 29.9 Å². The standard InChI is InChI=1S/C17H15F2N3O2/c18-12-7-14(19)16(20-9-12)17(24)21-8-11-6-15(23)22(10-11)13-4-2-1-3-5-13/h1-5,7,9,11H,6,8,10H2,(H,21,24)/t11-/m0/s1. The Morgan fingerprint density at radius 1 is 1.29 bits per heavy atom. The summed E-state index contributed by atoms with van der Waals surface area (Å²) in [7, 11) is 0. The van der Waals surface area contributed by atoms with Crippen molar-refractivity contribution in [2.75, 3.05) is 18.0 Å². The normalized spacial score (nSPS) is 17.2. The van der Waals surface area contributed by atoms with E-state index in [1.165, 1.54) is 0 Å². The highest BCUT2D eigenvalue weighted by molar-refractivity contribution is 5.96. The molecule has 1 saturated heterocycles. The number of pyridine rings is 1. The number of aromatic nitrogens is 1. The van der Waals surface area contributed by atoms with E-state index in [1.807, 2.05) is 30.3 Å². The van der Waals surface area contributed by atoms with Crippen LogP contribution in [0.4, 0.5) is 14.5 Å². The SMILES string of the molecule is O=C(NC[C@@H]1CC(=O)N(c2ccccc2)C1)c1ncc(F)cc1F. The van der Waals surface area contributed by atoms with Crippen molar-refractivity contribution in [2.24, 2.45) is 5.92 Å². The van der Waals surface area contributed by atoms with Crippen LogP contribution in [0.3, 0.4) is 0 Å². The lowest BCUT2D eigenvalue weighted by Crippen LogP contribution is -2.32. The molecule has 0 aliphatic carbocycles. The number of nitrogens with one attached hydrogen (secondary N) is 1. The van der Waals surface area contributed by atoms with Gasteiger partial charge in [-0.3, -0.25) is 9.59 Å². The molecule has 2 aromatic rings. The molecule has 1 N–H and O–H groups in total. The van der Waals surface area contributed by atoms with Crippen LogP contribution in [0.2, 0.25) is 0 Å². The van der Waals surface area contributed by atoms with E-state index in [4.69, 9.17) is 0 Å². The predicted octanol–water partition coefficient (Wildman–Crippen LogP) is 2.14. The van der Waals surface area contributed by atoms with Crippen molar-refractivity contribution in [3.8, 4) is 0 Å². The van der Waals surface area contributed by atoms with E-state index in [2.05, 4.69) is 10.3 Å². The van der Waals surface area contributed by atoms with E-state index in [0.717, 1.165) is 11.9 Å². The molecule has 1 aromatic heterocycles. The third-order valence-electron chi connectivity index (χ3n) is 3.85. The summed E-state index contributed by atoms with van der Waals surface area (Å²) in [6.07, 6.45) is 1.09. The number of hydrogen-bond acceptors (Lipinski definition) is 3. The summed E-state index contributed by atoms with van der Waals surface area (Å²) in [5, 5.41) is 2.55. The third-order valence-corrected chi connectivity index (χ3v) is 3.85. The lowest BCUT2D eigenvalue weighted by molar-refractivity contribution is -0.117. The number of hydrogen-bond donors (Lipinski definition) is 1. The second-order valence-corrected chi connectivity index (χ2v) is 5.60. The molecule has 0 radical (unpaired) electrons. The molecule has 2 amide bonds. The van der Waals surface area contributed by atoms with E-state index in [-0.39, 0.29) is 18.4 Å². The first-order valence-corrected chi connectivity index (χ1v) is 7.49. The molecule has 24 heavy (non-hydrogen) atoms. The fraction of sp³-hybridized carbons (Fsp3) is 0.235. The van der Waals surface area contributed by atoms with Gasteiger partial charge in [-0.1, -0.05) is 18.2 Å². The van der Waals surface area contributed by atoms with Crippen molar-refractivity contribution in [1.82, 2.24) is 10.3 Å². The zero-order valence-corrected chi connectivity index (χ0v) is 12.7. The largest absolute Gasteiger partial charge is 0.350 e. The van der Waals surface area contributed by atoms with Gasteiger partial charge in [0, 0.05) is 37.2 Å². The monoisotopic (exact) mass is 331 g/mol. The Bertz CT molecular complexity index is 768. The maximum Gasteiger partial charge on any atom is 0.272 e. The number of nitrogens with zero attached hydrogens (tertiary/aromatic N) is 2. The fourth-order valence-electron chi connectivity index (χ4n) is 2.68. The summed E-state index contributed by atoms with van der Waals surface area (Å²) in [5.41, 5.74) is 0.350. The van der Waals surface area contributed by atoms with Gasteiger partial charge in [-0.15, -0.1) is 0 Å². The van der Waals surface area contributed by atoms with Crippen LogP contribution in [-0.2, 0) is 4.79 Å². The number of halogens is 2. The molecule has 3 rings (SSSR count). The summed E-state index contributed by atoms with van der Waals surface area (Å²) < 4.78 is 26.3. The summed E-state index contributed by atoms with van der Waals surface area (Å²) in [6, 6.07) is 9.86. The van der Waals surface area contributed by atoms with E-state index in [9.17, 15) is 18.4 Å². The van der Waals surface area contributed by atoms with E-state index >= 15 is 0 Å². The highest BCUT2D eigenvalue weighted by atomic mass is 19.1. The summed E-state index contributed by atoms with van der Waals surface area (Å²) in [4.78, 5) is 29.1. The first kappa shape index (κ1) is 16.0. The van der Waals surface area contributed by atoms with Crippen molar-refractivity contribution in [1.29, 1.82) is 0 Å². The number of para-hydroxylation sites is 1. The molecule has 1 aliphatic heterocycles. The Labute approximate surface area is 137 Å². The maximum atomic E-state index is 13.5. The van der Waals surface area contributed by atoms with Gasteiger partial charge < -0.3 is 10.2 Å². The number of carbonyl (C=O) groups excluding carboxylic acids is 2. The molecule has 0 spiro atoms. The van der Waals surface area contributed by atoms with Gasteiger partial charge in [-0.05, 0) is 12.1 Å². The summed E-state index contributed by atoms with van der Waals surface area (Å²) in [5.74, 6) is -2.68. The molecule has 0 unspecified atom stereocenters. The highest BCUT2D eigenvalue weighted by Gasteiger charge is 2.30. The maximum absolute atomic E-state index is 13.5. The number of anilines is 1. The molecule has 0 bridgehead atoms. The quantitative estimate of drug-likeness (QED) is 0.934. The Hall–Kier alpha value is -2.83. The van der Waals surface area contributed by atoms with Gasteiger partial charge >= 0.3 is 0 Å². The molecular weight excluding hydrogens is 316 g/mol. The van der Waals surface area contributed by atoms with Crippen molar-refractivity contribution >= 4 is 17.5 Å². The fourth-order valence-corrected chi connectivity index (χ4v) is 2.68. The van der Waals surface area contributed by atoms with Crippen molar-refractivity contribution in [3.05, 3.63) is 59.9 Å². The van der Waals surface area contributed by atoms with E-state index in [0.29, 0.717) is 19.0 Å². The van der Waals surface area contributed by atoms with E-state index in [1.54, 1.807) is 4.90 Å². The smallest absolute Gasteiger partial charge is 0.272 e. The Kier molecular flexibility index (Phi) is 4.50. The molecule has 1 fully saturated rings. The minimum absolute atomic E-state index is 0.0217. The third kappa shape index (κ3) is 3.40. The number of benzene rings is 1. The molecule has 5 nitrogen and oxygen atoms in total. The first-order chi connectivity index (χ1) is 11.5. The second-order valence-electron chi connectivity index (χ2n) is 5.60. The zero-order chi connectivity index (χ0) is 17.1. The molecular formula is C17H15F2N3O2. The van der Waals surface area contributed by atoms with Crippen molar-refractivity contribution in [3.63, 3.8) is 0 Å². The average Bonchev–Trinajstić information content (AvgIpc) is 2.94. The predicted molar refractivity (Wildman–Crippen MR) is 83.4 cm³/mol. The minimum atomic E-state index is -1.01. The number of carbonyl (C=O) groups is 2. The minimum Gasteiger partial charge on any atom is -0.350 e. The van der Waals surface area contributed by atoms with Crippen LogP contribution in [0, 0.1) is 17.6 Å². The Morgan fingerprint density at radius 3 is 2.75 bits per heavy atom. The van der Waals surface area contributed by atoms with Gasteiger partial charge in [-0.25, -0.2) is 13.8 Å². The Balaban J connectivity index is 1.59. The molecule has 2 heterocycles. The molecule has 1 aromatic carbocycles. The van der Waals surface area contributed by atoms with Gasteiger partial charge in [0.15, 0.2) is 11.5 Å². The van der Waals surface area contributed by atoms with Crippen LogP contribution in [0.25, 0.3) is 0 Å². The lowest BCUT2D eigenvalue weighted by Gasteiger charge is -2.16. The van der Waals surface area contributed by atoms with Crippen molar-refractivity contribution in [2.45, 2.75) is 6.42 Å². The van der Waals surface area contributed by atoms with Gasteiger partial charge in [-0.2, -0.15) is 0 Å². The first-order valence-electron chi connectivity index (χ1n) is 7.49. The van der Waals surface area contributed by atoms with Gasteiger partial charge in [0.2, 0.25) is 5.91 Å². The lowest BCUT2D eigenvalue weighted by atomic mass is 10.1. The Morgan fingerprint density at radius 2 is 2.04 bits per heavy atom. The van der Waals surface area contributed by atoms with E-state index < -0.39 is 23.2 Å². The molecule has 124 valence electrons. The summed E-state index contributed by atoms with van der Waals surface area (Å²) in [6.45, 7) is 0.689. The zero-order valence-electron chi connectivity index (χ0n) is 12.7. The van der Waals surface area contributed by atoms with Gasteiger partial charge in [0.1, 0.15) is 5.82 Å².